The van der Waals surface area contributed by atoms with Gasteiger partial charge in [0.1, 0.15) is 11.3 Å². The quantitative estimate of drug-likeness (QED) is 0.422. The summed E-state index contributed by atoms with van der Waals surface area (Å²) in [4.78, 5) is 32.1. The fourth-order valence-corrected chi connectivity index (χ4v) is 3.78. The summed E-state index contributed by atoms with van der Waals surface area (Å²) in [5.41, 5.74) is 0.525. The van der Waals surface area contributed by atoms with Crippen molar-refractivity contribution in [3.05, 3.63) is 75.0 Å². The first-order valence-corrected chi connectivity index (χ1v) is 10.4. The molecule has 164 valence electrons. The Balaban J connectivity index is 2.13. The number of aryl methyl sites for hydroxylation is 1. The first kappa shape index (κ1) is 23.3. The zero-order valence-corrected chi connectivity index (χ0v) is 19.4. The molecule has 0 N–H and O–H groups in total. The molecular weight excluding hydrogens is 441 g/mol. The molecule has 1 unspecified atom stereocenters. The van der Waals surface area contributed by atoms with Crippen molar-refractivity contribution >= 4 is 40.7 Å². The standard InChI is InChI=1S/C23H23Cl2NO5/c1-13-8-6-7-9-16(13)22(28)30-20-19(17-11-10-15(24)12-18(17)25)21(27)26(23(20,3)4)31-14(2)29-5/h6-12,14H,1-5H3. The second-order valence-corrected chi connectivity index (χ2v) is 8.44. The maximum atomic E-state index is 13.4. The van der Waals surface area contributed by atoms with E-state index in [-0.39, 0.29) is 16.4 Å². The van der Waals surface area contributed by atoms with Gasteiger partial charge in [-0.15, -0.1) is 0 Å². The molecule has 31 heavy (non-hydrogen) atoms. The van der Waals surface area contributed by atoms with Gasteiger partial charge >= 0.3 is 5.97 Å². The van der Waals surface area contributed by atoms with Crippen LogP contribution in [0.4, 0.5) is 0 Å². The molecule has 0 radical (unpaired) electrons. The zero-order chi connectivity index (χ0) is 22.9. The lowest BCUT2D eigenvalue weighted by molar-refractivity contribution is -0.276. The topological polar surface area (TPSA) is 65.1 Å². The molecule has 1 atom stereocenters. The summed E-state index contributed by atoms with van der Waals surface area (Å²) in [6.07, 6.45) is -0.711. The Morgan fingerprint density at radius 2 is 1.81 bits per heavy atom. The number of hydrogen-bond donors (Lipinski definition) is 0. The Labute approximate surface area is 191 Å². The molecular formula is C23H23Cl2NO5. The van der Waals surface area contributed by atoms with E-state index >= 15 is 0 Å². The highest BCUT2D eigenvalue weighted by Gasteiger charge is 2.50. The van der Waals surface area contributed by atoms with Gasteiger partial charge < -0.3 is 9.47 Å². The van der Waals surface area contributed by atoms with Crippen molar-refractivity contribution in [3.8, 4) is 0 Å². The number of methoxy groups -OCH3 is 1. The smallest absolute Gasteiger partial charge is 0.343 e. The lowest BCUT2D eigenvalue weighted by Crippen LogP contribution is -2.46. The number of benzene rings is 2. The van der Waals surface area contributed by atoms with Gasteiger partial charge in [-0.1, -0.05) is 47.5 Å². The maximum absolute atomic E-state index is 13.4. The number of hydrogen-bond acceptors (Lipinski definition) is 5. The molecule has 0 saturated heterocycles. The number of amides is 1. The molecule has 0 spiro atoms. The Morgan fingerprint density at radius 3 is 2.42 bits per heavy atom. The number of carbonyl (C=O) groups excluding carboxylic acids is 2. The molecule has 0 aromatic heterocycles. The van der Waals surface area contributed by atoms with Gasteiger partial charge in [0, 0.05) is 17.7 Å². The summed E-state index contributed by atoms with van der Waals surface area (Å²) in [6.45, 7) is 6.88. The van der Waals surface area contributed by atoms with Crippen LogP contribution in [0.5, 0.6) is 0 Å². The molecule has 0 saturated carbocycles. The van der Waals surface area contributed by atoms with Gasteiger partial charge in [0.2, 0.25) is 0 Å². The number of carbonyl (C=O) groups is 2. The van der Waals surface area contributed by atoms with Crippen LogP contribution < -0.4 is 0 Å². The van der Waals surface area contributed by atoms with Gasteiger partial charge in [0.05, 0.1) is 16.2 Å². The summed E-state index contributed by atoms with van der Waals surface area (Å²) in [7, 11) is 1.46. The second-order valence-electron chi connectivity index (χ2n) is 7.60. The molecule has 2 aromatic carbocycles. The summed E-state index contributed by atoms with van der Waals surface area (Å²) < 4.78 is 11.0. The molecule has 1 aliphatic rings. The van der Waals surface area contributed by atoms with E-state index in [0.717, 1.165) is 10.6 Å². The third kappa shape index (κ3) is 4.48. The Morgan fingerprint density at radius 1 is 1.13 bits per heavy atom. The molecule has 0 bridgehead atoms. The summed E-state index contributed by atoms with van der Waals surface area (Å²) >= 11 is 12.4. The van der Waals surface area contributed by atoms with E-state index < -0.39 is 23.7 Å². The molecule has 2 aromatic rings. The van der Waals surface area contributed by atoms with Crippen molar-refractivity contribution in [2.24, 2.45) is 0 Å². The second kappa shape index (κ2) is 9.01. The summed E-state index contributed by atoms with van der Waals surface area (Å²) in [6, 6.07) is 11.8. The highest BCUT2D eigenvalue weighted by Crippen LogP contribution is 2.43. The average Bonchev–Trinajstić information content (AvgIpc) is 2.88. The van der Waals surface area contributed by atoms with Gasteiger partial charge in [-0.25, -0.2) is 14.7 Å². The minimum absolute atomic E-state index is 0.122. The van der Waals surface area contributed by atoms with Crippen LogP contribution in [-0.4, -0.2) is 35.9 Å². The van der Waals surface area contributed by atoms with Crippen molar-refractivity contribution in [2.45, 2.75) is 39.5 Å². The predicted octanol–water partition coefficient (Wildman–Crippen LogP) is 5.41. The molecule has 0 fully saturated rings. The van der Waals surface area contributed by atoms with Crippen LogP contribution in [0, 0.1) is 6.92 Å². The monoisotopic (exact) mass is 463 g/mol. The van der Waals surface area contributed by atoms with Crippen molar-refractivity contribution in [1.82, 2.24) is 5.06 Å². The van der Waals surface area contributed by atoms with Crippen LogP contribution in [0.1, 0.15) is 42.3 Å². The largest absolute Gasteiger partial charge is 0.424 e. The van der Waals surface area contributed by atoms with Gasteiger partial charge in [-0.05, 0) is 51.5 Å². The number of ether oxygens (including phenoxy) is 2. The van der Waals surface area contributed by atoms with E-state index in [9.17, 15) is 9.59 Å². The van der Waals surface area contributed by atoms with Gasteiger partial charge in [0.15, 0.2) is 6.29 Å². The first-order chi connectivity index (χ1) is 14.6. The van der Waals surface area contributed by atoms with Gasteiger partial charge in [-0.2, -0.15) is 0 Å². The number of nitrogens with zero attached hydrogens (tertiary/aromatic N) is 1. The molecule has 1 heterocycles. The highest BCUT2D eigenvalue weighted by atomic mass is 35.5. The van der Waals surface area contributed by atoms with Gasteiger partial charge in [0.25, 0.3) is 5.91 Å². The molecule has 6 nitrogen and oxygen atoms in total. The third-order valence-electron chi connectivity index (χ3n) is 5.03. The minimum Gasteiger partial charge on any atom is -0.424 e. The number of esters is 1. The fourth-order valence-electron chi connectivity index (χ4n) is 3.28. The SMILES string of the molecule is COC(C)ON1C(=O)C(c2ccc(Cl)cc2Cl)=C(OC(=O)c2ccccc2C)C1(C)C. The first-order valence-electron chi connectivity index (χ1n) is 9.60. The van der Waals surface area contributed by atoms with Crippen LogP contribution in [0.3, 0.4) is 0 Å². The summed E-state index contributed by atoms with van der Waals surface area (Å²) in [5.74, 6) is -0.970. The Bertz CT molecular complexity index is 1060. The number of hydroxylamine groups is 2. The molecule has 1 amide bonds. The van der Waals surface area contributed by atoms with Crippen molar-refractivity contribution < 1.29 is 23.9 Å². The molecule has 8 heteroatoms. The average molecular weight is 464 g/mol. The number of halogens is 2. The number of rotatable bonds is 6. The Kier molecular flexibility index (Phi) is 6.76. The van der Waals surface area contributed by atoms with E-state index in [1.54, 1.807) is 45.0 Å². The van der Waals surface area contributed by atoms with Crippen LogP contribution in [0.2, 0.25) is 10.0 Å². The van der Waals surface area contributed by atoms with E-state index in [1.165, 1.54) is 13.2 Å². The van der Waals surface area contributed by atoms with E-state index in [4.69, 9.17) is 37.5 Å². The molecule has 1 aliphatic heterocycles. The Hall–Kier alpha value is -2.38. The van der Waals surface area contributed by atoms with Crippen LogP contribution in [-0.2, 0) is 19.1 Å². The third-order valence-corrected chi connectivity index (χ3v) is 5.58. The lowest BCUT2D eigenvalue weighted by Gasteiger charge is -2.33. The molecule has 0 aliphatic carbocycles. The molecule has 3 rings (SSSR count). The van der Waals surface area contributed by atoms with Gasteiger partial charge in [-0.3, -0.25) is 4.79 Å². The summed E-state index contributed by atoms with van der Waals surface area (Å²) in [5, 5.41) is 1.80. The van der Waals surface area contributed by atoms with E-state index in [0.29, 0.717) is 16.1 Å². The highest BCUT2D eigenvalue weighted by molar-refractivity contribution is 6.37. The lowest BCUT2D eigenvalue weighted by atomic mass is 9.99. The zero-order valence-electron chi connectivity index (χ0n) is 17.9. The predicted molar refractivity (Wildman–Crippen MR) is 118 cm³/mol. The van der Waals surface area contributed by atoms with Crippen LogP contribution in [0.25, 0.3) is 5.57 Å². The van der Waals surface area contributed by atoms with E-state index in [2.05, 4.69) is 0 Å². The minimum atomic E-state index is -1.12. The van der Waals surface area contributed by atoms with E-state index in [1.807, 2.05) is 19.1 Å². The van der Waals surface area contributed by atoms with Crippen molar-refractivity contribution in [3.63, 3.8) is 0 Å². The maximum Gasteiger partial charge on any atom is 0.343 e. The van der Waals surface area contributed by atoms with Crippen molar-refractivity contribution in [2.75, 3.05) is 7.11 Å². The van der Waals surface area contributed by atoms with Crippen LogP contribution in [0.15, 0.2) is 48.2 Å². The van der Waals surface area contributed by atoms with Crippen LogP contribution >= 0.6 is 23.2 Å². The van der Waals surface area contributed by atoms with Crippen molar-refractivity contribution in [1.29, 1.82) is 0 Å². The normalized spacial score (nSPS) is 16.6. The fraction of sp³-hybridized carbons (Fsp3) is 0.304.